The van der Waals surface area contributed by atoms with E-state index < -0.39 is 0 Å². The smallest absolute Gasteiger partial charge is 0.0410 e. The number of hydrogen-bond acceptors (Lipinski definition) is 3. The van der Waals surface area contributed by atoms with Crippen LogP contribution in [0.5, 0.6) is 0 Å². The maximum atomic E-state index is 4.25. The molecule has 0 aromatic carbocycles. The third kappa shape index (κ3) is 3.56. The van der Waals surface area contributed by atoms with E-state index in [0.29, 0.717) is 0 Å². The SMILES string of the molecule is Brc1cncc(CN2CCC(N3CCCCC3)C2)c1. The van der Waals surface area contributed by atoms with E-state index >= 15 is 0 Å². The largest absolute Gasteiger partial charge is 0.299 e. The van der Waals surface area contributed by atoms with Crippen LogP contribution >= 0.6 is 15.9 Å². The number of likely N-dealkylation sites (tertiary alicyclic amines) is 2. The van der Waals surface area contributed by atoms with E-state index in [1.807, 2.05) is 12.4 Å². The molecule has 4 heteroatoms. The average molecular weight is 324 g/mol. The Hall–Kier alpha value is -0.450. The second-order valence-corrected chi connectivity index (χ2v) is 6.70. The van der Waals surface area contributed by atoms with Crippen LogP contribution in [0.1, 0.15) is 31.2 Å². The number of rotatable bonds is 3. The summed E-state index contributed by atoms with van der Waals surface area (Å²) in [5, 5.41) is 0. The predicted octanol–water partition coefficient (Wildman–Crippen LogP) is 2.90. The summed E-state index contributed by atoms with van der Waals surface area (Å²) >= 11 is 3.50. The maximum absolute atomic E-state index is 4.25. The third-order valence-corrected chi connectivity index (χ3v) is 4.76. The molecule has 1 aromatic rings. The summed E-state index contributed by atoms with van der Waals surface area (Å²) in [5.41, 5.74) is 1.31. The van der Waals surface area contributed by atoms with Crippen LogP contribution in [-0.2, 0) is 6.54 Å². The molecule has 2 saturated heterocycles. The summed E-state index contributed by atoms with van der Waals surface area (Å²) in [4.78, 5) is 9.53. The first-order valence-corrected chi connectivity index (χ1v) is 8.16. The highest BCUT2D eigenvalue weighted by Gasteiger charge is 2.28. The molecular formula is C15H22BrN3. The lowest BCUT2D eigenvalue weighted by molar-refractivity contribution is 0.161. The van der Waals surface area contributed by atoms with E-state index in [4.69, 9.17) is 0 Å². The Morgan fingerprint density at radius 2 is 2.00 bits per heavy atom. The summed E-state index contributed by atoms with van der Waals surface area (Å²) in [6, 6.07) is 2.97. The number of aromatic nitrogens is 1. The molecule has 2 fully saturated rings. The first kappa shape index (κ1) is 13.5. The predicted molar refractivity (Wildman–Crippen MR) is 81.0 cm³/mol. The molecule has 0 bridgehead atoms. The highest BCUT2D eigenvalue weighted by atomic mass is 79.9. The standard InChI is InChI=1S/C15H22BrN3/c16-14-8-13(9-17-10-14)11-18-7-4-15(12-18)19-5-2-1-3-6-19/h8-10,15H,1-7,11-12H2. The molecule has 2 aliphatic rings. The van der Waals surface area contributed by atoms with Crippen molar-refractivity contribution in [3.8, 4) is 0 Å². The van der Waals surface area contributed by atoms with Gasteiger partial charge in [-0.2, -0.15) is 0 Å². The van der Waals surface area contributed by atoms with Gasteiger partial charge in [-0.05, 0) is 59.9 Å². The van der Waals surface area contributed by atoms with E-state index in [0.717, 1.165) is 17.1 Å². The highest BCUT2D eigenvalue weighted by Crippen LogP contribution is 2.22. The van der Waals surface area contributed by atoms with E-state index in [1.165, 1.54) is 57.4 Å². The van der Waals surface area contributed by atoms with Crippen LogP contribution in [0.25, 0.3) is 0 Å². The van der Waals surface area contributed by atoms with Gasteiger partial charge in [-0.15, -0.1) is 0 Å². The molecule has 3 nitrogen and oxygen atoms in total. The second-order valence-electron chi connectivity index (χ2n) is 5.79. The van der Waals surface area contributed by atoms with Crippen LogP contribution in [0.2, 0.25) is 0 Å². The van der Waals surface area contributed by atoms with Crippen LogP contribution in [0.3, 0.4) is 0 Å². The van der Waals surface area contributed by atoms with Crippen LogP contribution in [0, 0.1) is 0 Å². The fourth-order valence-corrected chi connectivity index (χ4v) is 3.75. The van der Waals surface area contributed by atoms with Gasteiger partial charge < -0.3 is 0 Å². The summed E-state index contributed by atoms with van der Waals surface area (Å²) in [6.07, 6.45) is 9.39. The van der Waals surface area contributed by atoms with Gasteiger partial charge in [-0.3, -0.25) is 14.8 Å². The molecule has 1 aromatic heterocycles. The fraction of sp³-hybridized carbons (Fsp3) is 0.667. The van der Waals surface area contributed by atoms with Gasteiger partial charge in [0.1, 0.15) is 0 Å². The molecule has 0 N–H and O–H groups in total. The van der Waals surface area contributed by atoms with Gasteiger partial charge in [-0.25, -0.2) is 0 Å². The molecular weight excluding hydrogens is 302 g/mol. The van der Waals surface area contributed by atoms with E-state index in [9.17, 15) is 0 Å². The first-order chi connectivity index (χ1) is 9.31. The number of pyridine rings is 1. The Kier molecular flexibility index (Phi) is 4.51. The Balaban J connectivity index is 1.54. The normalized spacial score (nSPS) is 25.8. The summed E-state index contributed by atoms with van der Waals surface area (Å²) in [6.45, 7) is 6.13. The van der Waals surface area contributed by atoms with Gasteiger partial charge in [0.25, 0.3) is 0 Å². The molecule has 3 rings (SSSR count). The Morgan fingerprint density at radius 1 is 1.16 bits per heavy atom. The van der Waals surface area contributed by atoms with Crippen molar-refractivity contribution in [1.82, 2.24) is 14.8 Å². The lowest BCUT2D eigenvalue weighted by Gasteiger charge is -2.32. The first-order valence-electron chi connectivity index (χ1n) is 7.37. The summed E-state index contributed by atoms with van der Waals surface area (Å²) < 4.78 is 1.08. The summed E-state index contributed by atoms with van der Waals surface area (Å²) in [7, 11) is 0. The molecule has 0 saturated carbocycles. The average Bonchev–Trinajstić information content (AvgIpc) is 2.88. The van der Waals surface area contributed by atoms with Gasteiger partial charge in [-0.1, -0.05) is 6.42 Å². The van der Waals surface area contributed by atoms with Crippen LogP contribution in [0.15, 0.2) is 22.9 Å². The molecule has 1 atom stereocenters. The van der Waals surface area contributed by atoms with E-state index in [1.54, 1.807) is 0 Å². The fourth-order valence-electron chi connectivity index (χ4n) is 3.34. The number of nitrogens with zero attached hydrogens (tertiary/aromatic N) is 3. The van der Waals surface area contributed by atoms with Crippen LogP contribution in [0.4, 0.5) is 0 Å². The van der Waals surface area contributed by atoms with Crippen molar-refractivity contribution in [2.75, 3.05) is 26.2 Å². The molecule has 2 aliphatic heterocycles. The summed E-state index contributed by atoms with van der Waals surface area (Å²) in [5.74, 6) is 0. The lowest BCUT2D eigenvalue weighted by Crippen LogP contribution is -2.40. The molecule has 19 heavy (non-hydrogen) atoms. The zero-order chi connectivity index (χ0) is 13.1. The molecule has 0 amide bonds. The molecule has 0 spiro atoms. The monoisotopic (exact) mass is 323 g/mol. The minimum absolute atomic E-state index is 0.792. The molecule has 104 valence electrons. The number of halogens is 1. The molecule has 0 radical (unpaired) electrons. The minimum Gasteiger partial charge on any atom is -0.299 e. The Labute approximate surface area is 124 Å². The highest BCUT2D eigenvalue weighted by molar-refractivity contribution is 9.10. The quantitative estimate of drug-likeness (QED) is 0.852. The minimum atomic E-state index is 0.792. The van der Waals surface area contributed by atoms with Crippen molar-refractivity contribution < 1.29 is 0 Å². The van der Waals surface area contributed by atoms with Crippen molar-refractivity contribution >= 4 is 15.9 Å². The topological polar surface area (TPSA) is 19.4 Å². The second kappa shape index (κ2) is 6.33. The van der Waals surface area contributed by atoms with E-state index in [-0.39, 0.29) is 0 Å². The van der Waals surface area contributed by atoms with Crippen molar-refractivity contribution in [3.05, 3.63) is 28.5 Å². The van der Waals surface area contributed by atoms with Crippen molar-refractivity contribution in [2.24, 2.45) is 0 Å². The van der Waals surface area contributed by atoms with E-state index in [2.05, 4.69) is 36.8 Å². The zero-order valence-electron chi connectivity index (χ0n) is 11.4. The number of hydrogen-bond donors (Lipinski definition) is 0. The zero-order valence-corrected chi connectivity index (χ0v) is 13.0. The Morgan fingerprint density at radius 3 is 2.79 bits per heavy atom. The van der Waals surface area contributed by atoms with Gasteiger partial charge in [0.05, 0.1) is 0 Å². The lowest BCUT2D eigenvalue weighted by atomic mass is 10.1. The van der Waals surface area contributed by atoms with Crippen molar-refractivity contribution in [2.45, 2.75) is 38.3 Å². The molecule has 0 aliphatic carbocycles. The number of piperidine rings is 1. The maximum Gasteiger partial charge on any atom is 0.0410 e. The van der Waals surface area contributed by atoms with Crippen LogP contribution in [-0.4, -0.2) is 47.0 Å². The van der Waals surface area contributed by atoms with Crippen molar-refractivity contribution in [3.63, 3.8) is 0 Å². The third-order valence-electron chi connectivity index (χ3n) is 4.32. The molecule has 3 heterocycles. The van der Waals surface area contributed by atoms with Crippen molar-refractivity contribution in [1.29, 1.82) is 0 Å². The van der Waals surface area contributed by atoms with Gasteiger partial charge in [0.2, 0.25) is 0 Å². The molecule has 1 unspecified atom stereocenters. The van der Waals surface area contributed by atoms with Gasteiger partial charge in [0, 0.05) is 42.5 Å². The van der Waals surface area contributed by atoms with Gasteiger partial charge in [0.15, 0.2) is 0 Å². The van der Waals surface area contributed by atoms with Crippen LogP contribution < -0.4 is 0 Å². The Bertz CT molecular complexity index is 418. The van der Waals surface area contributed by atoms with Gasteiger partial charge >= 0.3 is 0 Å².